The topological polar surface area (TPSA) is 124 Å². The van der Waals surface area contributed by atoms with E-state index in [-0.39, 0.29) is 12.5 Å². The minimum Gasteiger partial charge on any atom is -0.468 e. The van der Waals surface area contributed by atoms with Crippen molar-refractivity contribution in [2.24, 2.45) is 5.73 Å². The number of nitrogens with one attached hydrogen (secondary N) is 2. The van der Waals surface area contributed by atoms with Crippen molar-refractivity contribution in [1.29, 1.82) is 0 Å². The standard InChI is InChI=1S/C24H27N5O4/c25-6-9-31-11-12-32-10-8-27-23(30)16-33-24-4-2-18(14-28-24)17-1-3-19-20-15-26-7-5-21(20)29-22(19)13-17/h1-5,7,13-15,29H,6,8-12,16,25H2,(H,27,30). The average Bonchev–Trinajstić information content (AvgIpc) is 3.22. The number of hydrogen-bond acceptors (Lipinski definition) is 7. The van der Waals surface area contributed by atoms with Crippen molar-refractivity contribution < 1.29 is 19.0 Å². The molecule has 0 unspecified atom stereocenters. The minimum atomic E-state index is -0.234. The van der Waals surface area contributed by atoms with E-state index in [4.69, 9.17) is 19.9 Å². The van der Waals surface area contributed by atoms with Crippen molar-refractivity contribution in [1.82, 2.24) is 20.3 Å². The van der Waals surface area contributed by atoms with Gasteiger partial charge in [-0.05, 0) is 23.8 Å². The zero-order valence-corrected chi connectivity index (χ0v) is 18.3. The highest BCUT2D eigenvalue weighted by molar-refractivity contribution is 6.07. The molecule has 0 saturated carbocycles. The molecule has 4 N–H and O–H groups in total. The first-order valence-electron chi connectivity index (χ1n) is 10.8. The Morgan fingerprint density at radius 1 is 0.939 bits per heavy atom. The first kappa shape index (κ1) is 22.7. The summed E-state index contributed by atoms with van der Waals surface area (Å²) in [6, 6.07) is 11.9. The number of amides is 1. The van der Waals surface area contributed by atoms with Crippen molar-refractivity contribution >= 4 is 27.7 Å². The Morgan fingerprint density at radius 3 is 2.61 bits per heavy atom. The van der Waals surface area contributed by atoms with Gasteiger partial charge in [0.25, 0.3) is 5.91 Å². The summed E-state index contributed by atoms with van der Waals surface area (Å²) in [6.45, 7) is 2.66. The van der Waals surface area contributed by atoms with Crippen LogP contribution in [0.4, 0.5) is 0 Å². The van der Waals surface area contributed by atoms with Gasteiger partial charge >= 0.3 is 0 Å². The lowest BCUT2D eigenvalue weighted by Gasteiger charge is -2.08. The molecule has 1 amide bonds. The number of pyridine rings is 2. The Hall–Kier alpha value is -3.53. The summed E-state index contributed by atoms with van der Waals surface area (Å²) in [5.74, 6) is 0.155. The fourth-order valence-electron chi connectivity index (χ4n) is 3.42. The Bertz CT molecular complexity index is 1190. The van der Waals surface area contributed by atoms with Crippen LogP contribution in [0.3, 0.4) is 0 Å². The average molecular weight is 450 g/mol. The summed E-state index contributed by atoms with van der Waals surface area (Å²) in [6.07, 6.45) is 5.38. The van der Waals surface area contributed by atoms with E-state index in [1.807, 2.05) is 18.3 Å². The lowest BCUT2D eigenvalue weighted by atomic mass is 10.1. The van der Waals surface area contributed by atoms with E-state index in [0.29, 0.717) is 45.4 Å². The molecular formula is C24H27N5O4. The minimum absolute atomic E-state index is 0.110. The molecule has 0 fully saturated rings. The Labute approximate surface area is 191 Å². The molecule has 33 heavy (non-hydrogen) atoms. The van der Waals surface area contributed by atoms with Crippen LogP contribution in [0.25, 0.3) is 32.9 Å². The van der Waals surface area contributed by atoms with E-state index >= 15 is 0 Å². The number of carbonyl (C=O) groups excluding carboxylic acids is 1. The quantitative estimate of drug-likeness (QED) is 0.283. The number of nitrogens with two attached hydrogens (primary N) is 1. The molecule has 4 aromatic rings. The third-order valence-electron chi connectivity index (χ3n) is 5.02. The first-order valence-corrected chi connectivity index (χ1v) is 10.8. The van der Waals surface area contributed by atoms with Gasteiger partial charge in [0.2, 0.25) is 5.88 Å². The molecule has 0 atom stereocenters. The maximum Gasteiger partial charge on any atom is 0.258 e. The number of carbonyl (C=O) groups is 1. The molecule has 1 aromatic carbocycles. The maximum absolute atomic E-state index is 11.9. The van der Waals surface area contributed by atoms with Crippen LogP contribution >= 0.6 is 0 Å². The number of nitrogens with zero attached hydrogens (tertiary/aromatic N) is 2. The van der Waals surface area contributed by atoms with E-state index in [9.17, 15) is 4.79 Å². The van der Waals surface area contributed by atoms with Crippen molar-refractivity contribution in [3.8, 4) is 17.0 Å². The second-order valence-corrected chi connectivity index (χ2v) is 7.34. The van der Waals surface area contributed by atoms with Crippen LogP contribution in [0.2, 0.25) is 0 Å². The van der Waals surface area contributed by atoms with Gasteiger partial charge < -0.3 is 30.2 Å². The molecule has 0 spiro atoms. The fraction of sp³-hybridized carbons (Fsp3) is 0.292. The second-order valence-electron chi connectivity index (χ2n) is 7.34. The Balaban J connectivity index is 1.24. The van der Waals surface area contributed by atoms with Crippen molar-refractivity contribution in [3.63, 3.8) is 0 Å². The molecule has 0 aliphatic heterocycles. The summed E-state index contributed by atoms with van der Waals surface area (Å²) < 4.78 is 16.0. The van der Waals surface area contributed by atoms with Crippen LogP contribution in [0.5, 0.6) is 5.88 Å². The molecule has 0 radical (unpaired) electrons. The first-order chi connectivity index (χ1) is 16.2. The van der Waals surface area contributed by atoms with Gasteiger partial charge in [-0.15, -0.1) is 0 Å². The summed E-state index contributed by atoms with van der Waals surface area (Å²) in [7, 11) is 0. The molecule has 9 nitrogen and oxygen atoms in total. The van der Waals surface area contributed by atoms with Gasteiger partial charge in [0.15, 0.2) is 6.61 Å². The van der Waals surface area contributed by atoms with Crippen molar-refractivity contribution in [3.05, 3.63) is 55.0 Å². The normalized spacial score (nSPS) is 11.2. The number of H-pyrrole nitrogens is 1. The van der Waals surface area contributed by atoms with Crippen LogP contribution in [-0.2, 0) is 14.3 Å². The highest BCUT2D eigenvalue weighted by atomic mass is 16.5. The Morgan fingerprint density at radius 2 is 1.79 bits per heavy atom. The molecule has 3 heterocycles. The molecule has 4 rings (SSSR count). The third kappa shape index (κ3) is 6.04. The SMILES string of the molecule is NCCOCCOCCNC(=O)COc1ccc(-c2ccc3c(c2)[nH]c2ccncc23)cn1. The molecule has 0 aliphatic rings. The summed E-state index contributed by atoms with van der Waals surface area (Å²) >= 11 is 0. The van der Waals surface area contributed by atoms with Gasteiger partial charge in [-0.25, -0.2) is 4.98 Å². The van der Waals surface area contributed by atoms with E-state index < -0.39 is 0 Å². The zero-order chi connectivity index (χ0) is 22.9. The molecule has 0 saturated heterocycles. The summed E-state index contributed by atoms with van der Waals surface area (Å²) in [5, 5.41) is 4.96. The smallest absolute Gasteiger partial charge is 0.258 e. The van der Waals surface area contributed by atoms with Crippen LogP contribution in [0.15, 0.2) is 55.0 Å². The van der Waals surface area contributed by atoms with Gasteiger partial charge in [-0.1, -0.05) is 12.1 Å². The zero-order valence-electron chi connectivity index (χ0n) is 18.3. The van der Waals surface area contributed by atoms with Gasteiger partial charge in [0, 0.05) is 65.1 Å². The van der Waals surface area contributed by atoms with Gasteiger partial charge in [0.1, 0.15) is 0 Å². The number of rotatable bonds is 12. The number of benzene rings is 1. The van der Waals surface area contributed by atoms with Gasteiger partial charge in [-0.3, -0.25) is 9.78 Å². The summed E-state index contributed by atoms with van der Waals surface area (Å²) in [5.41, 5.74) is 9.41. The number of hydrogen-bond donors (Lipinski definition) is 3. The van der Waals surface area contributed by atoms with Crippen LogP contribution in [0, 0.1) is 0 Å². The monoisotopic (exact) mass is 449 g/mol. The van der Waals surface area contributed by atoms with E-state index in [1.54, 1.807) is 18.5 Å². The van der Waals surface area contributed by atoms with Crippen LogP contribution in [-0.4, -0.2) is 67.0 Å². The lowest BCUT2D eigenvalue weighted by molar-refractivity contribution is -0.123. The molecule has 172 valence electrons. The van der Waals surface area contributed by atoms with Crippen molar-refractivity contribution in [2.45, 2.75) is 0 Å². The van der Waals surface area contributed by atoms with Crippen LogP contribution < -0.4 is 15.8 Å². The largest absolute Gasteiger partial charge is 0.468 e. The third-order valence-corrected chi connectivity index (χ3v) is 5.02. The second kappa shape index (κ2) is 11.4. The lowest BCUT2D eigenvalue weighted by Crippen LogP contribution is -2.32. The number of aromatic nitrogens is 3. The molecular weight excluding hydrogens is 422 g/mol. The number of ether oxygens (including phenoxy) is 3. The van der Waals surface area contributed by atoms with E-state index in [1.165, 1.54) is 0 Å². The predicted molar refractivity (Wildman–Crippen MR) is 126 cm³/mol. The van der Waals surface area contributed by atoms with Crippen molar-refractivity contribution in [2.75, 3.05) is 46.1 Å². The predicted octanol–water partition coefficient (Wildman–Crippen LogP) is 2.26. The Kier molecular flexibility index (Phi) is 7.81. The highest BCUT2D eigenvalue weighted by Crippen LogP contribution is 2.29. The number of aromatic amines is 1. The maximum atomic E-state index is 11.9. The molecule has 9 heteroatoms. The van der Waals surface area contributed by atoms with E-state index in [2.05, 4.69) is 38.5 Å². The van der Waals surface area contributed by atoms with Gasteiger partial charge in [-0.2, -0.15) is 0 Å². The number of fused-ring (bicyclic) bond motifs is 3. The molecule has 0 bridgehead atoms. The molecule has 0 aliphatic carbocycles. The van der Waals surface area contributed by atoms with E-state index in [0.717, 1.165) is 32.9 Å². The van der Waals surface area contributed by atoms with Gasteiger partial charge in [0.05, 0.1) is 26.4 Å². The highest BCUT2D eigenvalue weighted by Gasteiger charge is 2.08. The van der Waals surface area contributed by atoms with Crippen LogP contribution in [0.1, 0.15) is 0 Å². The molecule has 3 aromatic heterocycles. The fourth-order valence-corrected chi connectivity index (χ4v) is 3.42. The summed E-state index contributed by atoms with van der Waals surface area (Å²) in [4.78, 5) is 23.9.